The van der Waals surface area contributed by atoms with Gasteiger partial charge < -0.3 is 4.90 Å². The molecule has 1 atom stereocenters. The number of hydrogen-bond acceptors (Lipinski definition) is 2. The van der Waals surface area contributed by atoms with Gasteiger partial charge in [-0.1, -0.05) is 13.8 Å². The summed E-state index contributed by atoms with van der Waals surface area (Å²) in [6, 6.07) is 0. The summed E-state index contributed by atoms with van der Waals surface area (Å²) in [5, 5.41) is 3.26. The van der Waals surface area contributed by atoms with Gasteiger partial charge in [0.2, 0.25) is 5.91 Å². The average molecular weight is 196 g/mol. The Hall–Kier alpha value is -0.570. The lowest BCUT2D eigenvalue weighted by Crippen LogP contribution is -2.40. The van der Waals surface area contributed by atoms with Gasteiger partial charge in [-0.2, -0.15) is 0 Å². The molecule has 1 heterocycles. The van der Waals surface area contributed by atoms with E-state index in [-0.39, 0.29) is 5.91 Å². The number of rotatable bonds is 4. The van der Waals surface area contributed by atoms with Crippen molar-refractivity contribution in [2.24, 2.45) is 5.41 Å². The topological polar surface area (TPSA) is 32.3 Å². The van der Waals surface area contributed by atoms with Crippen LogP contribution in [0.2, 0.25) is 0 Å². The summed E-state index contributed by atoms with van der Waals surface area (Å²) in [7, 11) is 0. The summed E-state index contributed by atoms with van der Waals surface area (Å²) in [4.78, 5) is 13.7. The van der Waals surface area contributed by atoms with Crippen molar-refractivity contribution in [2.75, 3.05) is 13.1 Å². The molecule has 2 aliphatic rings. The molecule has 1 unspecified atom stereocenters. The van der Waals surface area contributed by atoms with E-state index in [4.69, 9.17) is 0 Å². The largest absolute Gasteiger partial charge is 0.326 e. The Morgan fingerprint density at radius 2 is 2.21 bits per heavy atom. The first kappa shape index (κ1) is 9.97. The summed E-state index contributed by atoms with van der Waals surface area (Å²) < 4.78 is 0. The van der Waals surface area contributed by atoms with Crippen LogP contribution >= 0.6 is 0 Å². The van der Waals surface area contributed by atoms with E-state index < -0.39 is 0 Å². The van der Waals surface area contributed by atoms with Crippen LogP contribution in [0.3, 0.4) is 0 Å². The molecule has 3 nitrogen and oxygen atoms in total. The molecule has 0 bridgehead atoms. The zero-order valence-electron chi connectivity index (χ0n) is 9.18. The third kappa shape index (κ3) is 1.65. The van der Waals surface area contributed by atoms with Gasteiger partial charge in [-0.25, -0.2) is 0 Å². The molecule has 2 rings (SSSR count). The van der Waals surface area contributed by atoms with Crippen molar-refractivity contribution in [2.45, 2.75) is 45.7 Å². The molecule has 80 valence electrons. The fraction of sp³-hybridized carbons (Fsp3) is 0.909. The third-order valence-electron chi connectivity index (χ3n) is 3.79. The minimum absolute atomic E-state index is 0.288. The van der Waals surface area contributed by atoms with Crippen LogP contribution in [0.15, 0.2) is 0 Å². The predicted octanol–water partition coefficient (Wildman–Crippen LogP) is 1.34. The van der Waals surface area contributed by atoms with Crippen molar-refractivity contribution in [3.8, 4) is 0 Å². The molecule has 1 N–H and O–H groups in total. The molecule has 1 aliphatic heterocycles. The Kier molecular flexibility index (Phi) is 2.52. The number of carbonyl (C=O) groups excluding carboxylic acids is 1. The summed E-state index contributed by atoms with van der Waals surface area (Å²) in [5.41, 5.74) is 0.481. The van der Waals surface area contributed by atoms with E-state index in [9.17, 15) is 4.79 Å². The Labute approximate surface area is 85.8 Å². The summed E-state index contributed by atoms with van der Waals surface area (Å²) in [5.74, 6) is 0.288. The zero-order valence-corrected chi connectivity index (χ0v) is 9.18. The first-order valence-corrected chi connectivity index (χ1v) is 5.73. The first-order chi connectivity index (χ1) is 6.71. The minimum Gasteiger partial charge on any atom is -0.326 e. The maximum atomic E-state index is 11.6. The highest BCUT2D eigenvalue weighted by Gasteiger charge is 2.45. The van der Waals surface area contributed by atoms with Crippen LogP contribution in [-0.2, 0) is 4.79 Å². The smallest absolute Gasteiger partial charge is 0.237 e. The Morgan fingerprint density at radius 3 is 2.71 bits per heavy atom. The predicted molar refractivity (Wildman–Crippen MR) is 55.8 cm³/mol. The first-order valence-electron chi connectivity index (χ1n) is 5.73. The van der Waals surface area contributed by atoms with Crippen LogP contribution in [0.4, 0.5) is 0 Å². The van der Waals surface area contributed by atoms with Gasteiger partial charge in [0.1, 0.15) is 0 Å². The highest BCUT2D eigenvalue weighted by molar-refractivity contribution is 5.80. The Bertz CT molecular complexity index is 235. The van der Waals surface area contributed by atoms with Crippen LogP contribution in [0.1, 0.15) is 39.5 Å². The molecule has 0 aromatic rings. The maximum Gasteiger partial charge on any atom is 0.237 e. The van der Waals surface area contributed by atoms with Gasteiger partial charge in [-0.05, 0) is 31.1 Å². The second kappa shape index (κ2) is 3.54. The van der Waals surface area contributed by atoms with E-state index in [1.807, 2.05) is 0 Å². The molecule has 3 heteroatoms. The average Bonchev–Trinajstić information content (AvgIpc) is 2.89. The van der Waals surface area contributed by atoms with Crippen molar-refractivity contribution in [1.29, 1.82) is 0 Å². The van der Waals surface area contributed by atoms with Crippen molar-refractivity contribution in [3.63, 3.8) is 0 Å². The summed E-state index contributed by atoms with van der Waals surface area (Å²) in [6.07, 6.45) is 5.15. The van der Waals surface area contributed by atoms with Gasteiger partial charge in [0.25, 0.3) is 0 Å². The lowest BCUT2D eigenvalue weighted by atomic mass is 10.0. The molecule has 0 radical (unpaired) electrons. The fourth-order valence-electron chi connectivity index (χ4n) is 2.32. The molecule has 0 aromatic carbocycles. The van der Waals surface area contributed by atoms with E-state index in [0.29, 0.717) is 18.1 Å². The summed E-state index contributed by atoms with van der Waals surface area (Å²) in [6.45, 7) is 5.89. The number of hydrogen-bond donors (Lipinski definition) is 1. The van der Waals surface area contributed by atoms with E-state index >= 15 is 0 Å². The molecule has 1 aliphatic carbocycles. The monoisotopic (exact) mass is 196 g/mol. The standard InChI is InChI=1S/C11H20N2O/c1-3-9-12-7-10(14)13(9)8-11(4-2)5-6-11/h9,12H,3-8H2,1-2H3. The van der Waals surface area contributed by atoms with Crippen molar-refractivity contribution in [1.82, 2.24) is 10.2 Å². The van der Waals surface area contributed by atoms with E-state index in [2.05, 4.69) is 24.1 Å². The number of carbonyl (C=O) groups is 1. The zero-order chi connectivity index (χ0) is 10.2. The summed E-state index contributed by atoms with van der Waals surface area (Å²) >= 11 is 0. The minimum atomic E-state index is 0.288. The van der Waals surface area contributed by atoms with Crippen LogP contribution in [-0.4, -0.2) is 30.1 Å². The van der Waals surface area contributed by atoms with Gasteiger partial charge in [0.15, 0.2) is 0 Å². The fourth-order valence-corrected chi connectivity index (χ4v) is 2.32. The van der Waals surface area contributed by atoms with Crippen LogP contribution in [0.25, 0.3) is 0 Å². The SMILES string of the molecule is CCC1NCC(=O)N1CC1(CC)CC1. The quantitative estimate of drug-likeness (QED) is 0.736. The molecular formula is C11H20N2O. The Balaban J connectivity index is 1.98. The number of nitrogens with one attached hydrogen (secondary N) is 1. The lowest BCUT2D eigenvalue weighted by Gasteiger charge is -2.27. The van der Waals surface area contributed by atoms with Crippen molar-refractivity contribution < 1.29 is 4.79 Å². The van der Waals surface area contributed by atoms with Crippen molar-refractivity contribution in [3.05, 3.63) is 0 Å². The van der Waals surface area contributed by atoms with Gasteiger partial charge in [-0.15, -0.1) is 0 Å². The van der Waals surface area contributed by atoms with Gasteiger partial charge in [0, 0.05) is 6.54 Å². The molecular weight excluding hydrogens is 176 g/mol. The van der Waals surface area contributed by atoms with E-state index in [1.54, 1.807) is 0 Å². The lowest BCUT2D eigenvalue weighted by molar-refractivity contribution is -0.128. The number of nitrogens with zero attached hydrogens (tertiary/aromatic N) is 1. The highest BCUT2D eigenvalue weighted by atomic mass is 16.2. The molecule has 2 fully saturated rings. The highest BCUT2D eigenvalue weighted by Crippen LogP contribution is 2.49. The van der Waals surface area contributed by atoms with E-state index in [1.165, 1.54) is 19.3 Å². The van der Waals surface area contributed by atoms with Crippen molar-refractivity contribution >= 4 is 5.91 Å². The van der Waals surface area contributed by atoms with Crippen LogP contribution < -0.4 is 5.32 Å². The molecule has 1 saturated heterocycles. The second-order valence-corrected chi connectivity index (χ2v) is 4.68. The number of amides is 1. The molecule has 0 aromatic heterocycles. The molecule has 1 amide bonds. The third-order valence-corrected chi connectivity index (χ3v) is 3.79. The second-order valence-electron chi connectivity index (χ2n) is 4.68. The molecule has 0 spiro atoms. The Morgan fingerprint density at radius 1 is 1.50 bits per heavy atom. The van der Waals surface area contributed by atoms with E-state index in [0.717, 1.165) is 13.0 Å². The maximum absolute atomic E-state index is 11.6. The van der Waals surface area contributed by atoms with Gasteiger partial charge in [0.05, 0.1) is 12.7 Å². The molecule has 14 heavy (non-hydrogen) atoms. The normalized spacial score (nSPS) is 29.7. The van der Waals surface area contributed by atoms with Gasteiger partial charge in [-0.3, -0.25) is 10.1 Å². The van der Waals surface area contributed by atoms with Gasteiger partial charge >= 0.3 is 0 Å². The van der Waals surface area contributed by atoms with Crippen LogP contribution in [0.5, 0.6) is 0 Å². The molecule has 1 saturated carbocycles. The van der Waals surface area contributed by atoms with Crippen LogP contribution in [0, 0.1) is 5.41 Å².